The van der Waals surface area contributed by atoms with Crippen LogP contribution in [0.2, 0.25) is 0 Å². The summed E-state index contributed by atoms with van der Waals surface area (Å²) in [6.45, 7) is 8.36. The van der Waals surface area contributed by atoms with Gasteiger partial charge in [0.2, 0.25) is 0 Å². The monoisotopic (exact) mass is 512 g/mol. The normalized spacial score (nSPS) is 11.4. The zero-order chi connectivity index (χ0) is 26.6. The number of carbonyl (C=O) groups is 1. The second-order valence-electron chi connectivity index (χ2n) is 9.15. The predicted octanol–water partition coefficient (Wildman–Crippen LogP) is 3.95. The third-order valence-electron chi connectivity index (χ3n) is 5.71. The summed E-state index contributed by atoms with van der Waals surface area (Å²) >= 11 is 1.44. The standard InChI is InChI=1S/C23H24N4O4S.C3H8O/c1-14-18-19(32-21(14)27-24-11-12-25-27)16(10-9-15-7-5-6-8-17(15)31-4)13-26(20(18)28)23(2,3)22(29)30;1-3(2)4/h5-8,11-13H,9-10H2,1-4H3,(H,29,30);3-4H,1-2H3. The zero-order valence-corrected chi connectivity index (χ0v) is 22.2. The first kappa shape index (κ1) is 27.1. The molecule has 0 amide bonds. The molecule has 3 aromatic heterocycles. The van der Waals surface area contributed by atoms with Gasteiger partial charge in [0.05, 0.1) is 24.9 Å². The number of methoxy groups -OCH3 is 1. The Kier molecular flexibility index (Phi) is 8.31. The largest absolute Gasteiger partial charge is 0.496 e. The molecule has 4 rings (SSSR count). The molecule has 0 radical (unpaired) electrons. The summed E-state index contributed by atoms with van der Waals surface area (Å²) < 4.78 is 7.63. The number of rotatable bonds is 7. The Balaban J connectivity index is 0.000000840. The highest BCUT2D eigenvalue weighted by atomic mass is 32.1. The van der Waals surface area contributed by atoms with Gasteiger partial charge < -0.3 is 14.9 Å². The lowest BCUT2D eigenvalue weighted by Gasteiger charge is -2.24. The van der Waals surface area contributed by atoms with Gasteiger partial charge in [-0.15, -0.1) is 16.1 Å². The van der Waals surface area contributed by atoms with Crippen molar-refractivity contribution in [1.29, 1.82) is 0 Å². The maximum atomic E-state index is 13.4. The summed E-state index contributed by atoms with van der Waals surface area (Å²) in [7, 11) is 1.64. The molecule has 36 heavy (non-hydrogen) atoms. The van der Waals surface area contributed by atoms with E-state index in [1.807, 2.05) is 31.2 Å². The Hall–Kier alpha value is -3.50. The SMILES string of the molecule is CC(C)O.COc1ccccc1CCc1cn(C(C)(C)C(=O)O)c(=O)c2c(C)c(-n3nccn3)sc12. The Morgan fingerprint density at radius 1 is 1.14 bits per heavy atom. The summed E-state index contributed by atoms with van der Waals surface area (Å²) in [5.74, 6) is -0.275. The molecule has 1 aromatic carbocycles. The summed E-state index contributed by atoms with van der Waals surface area (Å²) in [5.41, 5.74) is 0.941. The lowest BCUT2D eigenvalue weighted by molar-refractivity contribution is -0.145. The van der Waals surface area contributed by atoms with Gasteiger partial charge in [-0.3, -0.25) is 9.36 Å². The van der Waals surface area contributed by atoms with Crippen molar-refractivity contribution in [2.24, 2.45) is 0 Å². The first-order chi connectivity index (χ1) is 17.0. The summed E-state index contributed by atoms with van der Waals surface area (Å²) in [6, 6.07) is 7.79. The van der Waals surface area contributed by atoms with Crippen molar-refractivity contribution in [2.45, 2.75) is 59.1 Å². The van der Waals surface area contributed by atoms with E-state index in [2.05, 4.69) is 10.2 Å². The lowest BCUT2D eigenvalue weighted by Crippen LogP contribution is -2.42. The number of para-hydroxylation sites is 1. The summed E-state index contributed by atoms with van der Waals surface area (Å²) in [5, 5.41) is 27.5. The first-order valence-electron chi connectivity index (χ1n) is 11.6. The molecule has 10 heteroatoms. The number of benzene rings is 1. The van der Waals surface area contributed by atoms with Crippen LogP contribution < -0.4 is 10.3 Å². The molecule has 3 heterocycles. The fraction of sp³-hybridized carbons (Fsp3) is 0.385. The average molecular weight is 513 g/mol. The number of nitrogens with zero attached hydrogens (tertiary/aromatic N) is 4. The number of aromatic nitrogens is 4. The van der Waals surface area contributed by atoms with Crippen molar-refractivity contribution < 1.29 is 19.7 Å². The van der Waals surface area contributed by atoms with E-state index in [0.29, 0.717) is 18.2 Å². The molecule has 0 atom stereocenters. The molecule has 2 N–H and O–H groups in total. The summed E-state index contributed by atoms with van der Waals surface area (Å²) in [6.07, 6.45) is 5.97. The molecule has 192 valence electrons. The second-order valence-corrected chi connectivity index (χ2v) is 10.2. The molecule has 0 saturated carbocycles. The maximum Gasteiger partial charge on any atom is 0.329 e. The highest BCUT2D eigenvalue weighted by Gasteiger charge is 2.32. The smallest absolute Gasteiger partial charge is 0.329 e. The average Bonchev–Trinajstić information content (AvgIpc) is 3.46. The third kappa shape index (κ3) is 5.50. The highest BCUT2D eigenvalue weighted by molar-refractivity contribution is 7.21. The Bertz CT molecular complexity index is 1400. The van der Waals surface area contributed by atoms with E-state index in [1.165, 1.54) is 34.5 Å². The van der Waals surface area contributed by atoms with Crippen molar-refractivity contribution in [3.63, 3.8) is 0 Å². The van der Waals surface area contributed by atoms with Gasteiger partial charge in [0.15, 0.2) is 0 Å². The molecule has 0 spiro atoms. The van der Waals surface area contributed by atoms with Crippen LogP contribution in [0.25, 0.3) is 15.1 Å². The molecule has 0 unspecified atom stereocenters. The van der Waals surface area contributed by atoms with Crippen LogP contribution in [0, 0.1) is 6.92 Å². The van der Waals surface area contributed by atoms with E-state index in [0.717, 1.165) is 32.1 Å². The molecule has 0 aliphatic heterocycles. The fourth-order valence-electron chi connectivity index (χ4n) is 3.77. The van der Waals surface area contributed by atoms with Crippen LogP contribution >= 0.6 is 11.3 Å². The lowest BCUT2D eigenvalue weighted by atomic mass is 10.0. The Labute approximate surface area is 213 Å². The number of hydrogen-bond donors (Lipinski definition) is 2. The molecule has 0 fully saturated rings. The van der Waals surface area contributed by atoms with Crippen LogP contribution in [0.1, 0.15) is 44.4 Å². The minimum atomic E-state index is -1.40. The van der Waals surface area contributed by atoms with E-state index in [4.69, 9.17) is 9.84 Å². The Morgan fingerprint density at radius 2 is 1.72 bits per heavy atom. The number of hydrogen-bond acceptors (Lipinski definition) is 7. The van der Waals surface area contributed by atoms with E-state index >= 15 is 0 Å². The molecule has 0 saturated heterocycles. The van der Waals surface area contributed by atoms with Gasteiger partial charge in [0, 0.05) is 22.6 Å². The van der Waals surface area contributed by atoms with Crippen LogP contribution in [0.5, 0.6) is 5.75 Å². The molecule has 0 aliphatic carbocycles. The number of ether oxygens (including phenoxy) is 1. The predicted molar refractivity (Wildman–Crippen MR) is 140 cm³/mol. The number of aryl methyl sites for hydroxylation is 3. The quantitative estimate of drug-likeness (QED) is 0.385. The second kappa shape index (κ2) is 11.0. The van der Waals surface area contributed by atoms with Gasteiger partial charge >= 0.3 is 5.97 Å². The van der Waals surface area contributed by atoms with Crippen LogP contribution in [0.3, 0.4) is 0 Å². The van der Waals surface area contributed by atoms with E-state index < -0.39 is 11.5 Å². The van der Waals surface area contributed by atoms with Crippen molar-refractivity contribution >= 4 is 27.4 Å². The molecule has 4 aromatic rings. The molecular formula is C26H32N4O5S. The van der Waals surface area contributed by atoms with Gasteiger partial charge in [-0.05, 0) is 64.7 Å². The summed E-state index contributed by atoms with van der Waals surface area (Å²) in [4.78, 5) is 26.9. The van der Waals surface area contributed by atoms with Crippen molar-refractivity contribution in [2.75, 3.05) is 7.11 Å². The van der Waals surface area contributed by atoms with Crippen molar-refractivity contribution in [3.05, 3.63) is 69.9 Å². The fourth-order valence-corrected chi connectivity index (χ4v) is 5.02. The van der Waals surface area contributed by atoms with Gasteiger partial charge in [0.25, 0.3) is 5.56 Å². The number of carboxylic acid groups (broad SMARTS) is 1. The van der Waals surface area contributed by atoms with Crippen LogP contribution in [0.4, 0.5) is 0 Å². The van der Waals surface area contributed by atoms with E-state index in [1.54, 1.807) is 39.5 Å². The Morgan fingerprint density at radius 3 is 2.31 bits per heavy atom. The molecule has 0 bridgehead atoms. The van der Waals surface area contributed by atoms with Crippen LogP contribution in [-0.4, -0.2) is 49.0 Å². The number of aliphatic carboxylic acids is 1. The maximum absolute atomic E-state index is 13.4. The van der Waals surface area contributed by atoms with E-state index in [-0.39, 0.29) is 11.7 Å². The molecule has 0 aliphatic rings. The third-order valence-corrected chi connectivity index (χ3v) is 7.05. The number of pyridine rings is 1. The molecular weight excluding hydrogens is 480 g/mol. The van der Waals surface area contributed by atoms with Crippen molar-refractivity contribution in [3.8, 4) is 10.8 Å². The van der Waals surface area contributed by atoms with Gasteiger partial charge in [0.1, 0.15) is 16.3 Å². The van der Waals surface area contributed by atoms with E-state index in [9.17, 15) is 14.7 Å². The zero-order valence-electron chi connectivity index (χ0n) is 21.3. The topological polar surface area (TPSA) is 119 Å². The molecule has 9 nitrogen and oxygen atoms in total. The van der Waals surface area contributed by atoms with Gasteiger partial charge in [-0.2, -0.15) is 10.2 Å². The number of aliphatic hydroxyl groups is 1. The first-order valence-corrected chi connectivity index (χ1v) is 12.4. The number of aliphatic hydroxyl groups excluding tert-OH is 1. The van der Waals surface area contributed by atoms with Crippen LogP contribution in [0.15, 0.2) is 47.7 Å². The minimum Gasteiger partial charge on any atom is -0.496 e. The number of carboxylic acids is 1. The van der Waals surface area contributed by atoms with Crippen molar-refractivity contribution in [1.82, 2.24) is 19.6 Å². The van der Waals surface area contributed by atoms with Gasteiger partial charge in [-0.1, -0.05) is 18.2 Å². The number of thiophene rings is 1. The highest BCUT2D eigenvalue weighted by Crippen LogP contribution is 2.35. The minimum absolute atomic E-state index is 0.167. The number of fused-ring (bicyclic) bond motifs is 1. The van der Waals surface area contributed by atoms with Gasteiger partial charge in [-0.25, -0.2) is 4.79 Å². The van der Waals surface area contributed by atoms with Crippen LogP contribution in [-0.2, 0) is 23.2 Å².